The summed E-state index contributed by atoms with van der Waals surface area (Å²) in [6, 6.07) is 12.4. The topological polar surface area (TPSA) is 62.7 Å². The van der Waals surface area contributed by atoms with Gasteiger partial charge >= 0.3 is 12.1 Å². The molecule has 2 aromatic carbocycles. The zero-order chi connectivity index (χ0) is 27.3. The number of carbonyl (C=O) groups is 1. The first-order valence-electron chi connectivity index (χ1n) is 12.5. The first kappa shape index (κ1) is 28.2. The summed E-state index contributed by atoms with van der Waals surface area (Å²) in [5.74, 6) is -0.738. The van der Waals surface area contributed by atoms with Crippen molar-refractivity contribution >= 4 is 28.6 Å². The molecule has 38 heavy (non-hydrogen) atoms. The van der Waals surface area contributed by atoms with Gasteiger partial charge in [-0.1, -0.05) is 12.1 Å². The number of nitrogens with zero attached hydrogens (tertiary/aromatic N) is 2. The van der Waals surface area contributed by atoms with E-state index in [4.69, 9.17) is 4.74 Å². The van der Waals surface area contributed by atoms with Gasteiger partial charge in [-0.25, -0.2) is 4.39 Å². The Kier molecular flexibility index (Phi) is 9.15. The lowest BCUT2D eigenvalue weighted by molar-refractivity contribution is -0.146. The van der Waals surface area contributed by atoms with Gasteiger partial charge in [-0.15, -0.1) is 11.8 Å². The highest BCUT2D eigenvalue weighted by Gasteiger charge is 2.35. The minimum absolute atomic E-state index is 0.167. The summed E-state index contributed by atoms with van der Waals surface area (Å²) in [6.07, 6.45) is -2.91. The number of methoxy groups -OCH3 is 1. The fourth-order valence-electron chi connectivity index (χ4n) is 5.07. The molecule has 0 bridgehead atoms. The number of carboxylic acids is 1. The number of pyridine rings is 1. The molecule has 1 fully saturated rings. The van der Waals surface area contributed by atoms with E-state index in [-0.39, 0.29) is 17.2 Å². The number of thioether (sulfide) groups is 1. The smallest absolute Gasteiger partial charge is 0.417 e. The van der Waals surface area contributed by atoms with E-state index >= 15 is 4.39 Å². The molecular weight excluding hydrogens is 520 g/mol. The average molecular weight is 551 g/mol. The Morgan fingerprint density at radius 3 is 2.76 bits per heavy atom. The third kappa shape index (κ3) is 6.77. The standard InChI is InChI=1S/C28H30F4N2O3S/c1-37-19-7-9-25-21(16-19)20(10-12-33-25)24(29)8-6-18-11-13-34(17-22(18)27(35)36)14-15-38-26-5-3-2-4-23(26)28(30,31)32/h2-5,7,9-10,12,16,18,22,24H,6,8,11,13-15,17H2,1H3,(H,35,36)/t18-,22+,24+/m1/s1. The molecule has 0 saturated carbocycles. The van der Waals surface area contributed by atoms with Crippen molar-refractivity contribution in [2.24, 2.45) is 11.8 Å². The zero-order valence-electron chi connectivity index (χ0n) is 21.0. The van der Waals surface area contributed by atoms with Crippen LogP contribution in [0.2, 0.25) is 0 Å². The Bertz CT molecular complexity index is 1260. The van der Waals surface area contributed by atoms with Crippen LogP contribution in [0.5, 0.6) is 5.75 Å². The monoisotopic (exact) mass is 550 g/mol. The van der Waals surface area contributed by atoms with E-state index in [0.717, 1.165) is 17.8 Å². The SMILES string of the molecule is COc1ccc2nccc([C@@H](F)CC[C@@H]3CCN(CCSc4ccccc4C(F)(F)F)C[C@@H]3C(=O)O)c2c1. The second-order valence-electron chi connectivity index (χ2n) is 9.46. The van der Waals surface area contributed by atoms with Crippen molar-refractivity contribution in [1.82, 2.24) is 9.88 Å². The molecule has 10 heteroatoms. The third-order valence-corrected chi connectivity index (χ3v) is 8.18. The molecule has 0 unspecified atom stereocenters. The molecule has 5 nitrogen and oxygen atoms in total. The van der Waals surface area contributed by atoms with Crippen molar-refractivity contribution in [3.8, 4) is 5.75 Å². The lowest BCUT2D eigenvalue weighted by Crippen LogP contribution is -2.44. The second-order valence-corrected chi connectivity index (χ2v) is 10.6. The van der Waals surface area contributed by atoms with Crippen molar-refractivity contribution in [3.63, 3.8) is 0 Å². The number of hydrogen-bond donors (Lipinski definition) is 1. The summed E-state index contributed by atoms with van der Waals surface area (Å²) in [6.45, 7) is 1.40. The van der Waals surface area contributed by atoms with Gasteiger partial charge in [0.15, 0.2) is 0 Å². The Balaban J connectivity index is 1.34. The number of aliphatic carboxylic acids is 1. The van der Waals surface area contributed by atoms with E-state index in [1.807, 2.05) is 4.90 Å². The highest BCUT2D eigenvalue weighted by Crippen LogP contribution is 2.38. The van der Waals surface area contributed by atoms with Gasteiger partial charge in [-0.3, -0.25) is 9.78 Å². The van der Waals surface area contributed by atoms with Gasteiger partial charge < -0.3 is 14.7 Å². The number of benzene rings is 2. The molecule has 1 aliphatic rings. The summed E-state index contributed by atoms with van der Waals surface area (Å²) in [7, 11) is 1.54. The molecule has 204 valence electrons. The molecule has 1 N–H and O–H groups in total. The molecule has 3 aromatic rings. The normalized spacial score (nSPS) is 19.4. The summed E-state index contributed by atoms with van der Waals surface area (Å²) in [5.41, 5.74) is 0.515. The van der Waals surface area contributed by atoms with Crippen LogP contribution in [0.15, 0.2) is 59.6 Å². The largest absolute Gasteiger partial charge is 0.497 e. The summed E-state index contributed by atoms with van der Waals surface area (Å²) in [4.78, 5) is 18.5. The number of likely N-dealkylation sites (tertiary alicyclic amines) is 1. The average Bonchev–Trinajstić information content (AvgIpc) is 2.91. The highest BCUT2D eigenvalue weighted by atomic mass is 32.2. The maximum Gasteiger partial charge on any atom is 0.417 e. The quantitative estimate of drug-likeness (QED) is 0.220. The van der Waals surface area contributed by atoms with E-state index < -0.39 is 29.8 Å². The van der Waals surface area contributed by atoms with Gasteiger partial charge in [0, 0.05) is 35.3 Å². The van der Waals surface area contributed by atoms with E-state index in [2.05, 4.69) is 4.98 Å². The van der Waals surface area contributed by atoms with Crippen molar-refractivity contribution in [2.75, 3.05) is 32.5 Å². The maximum atomic E-state index is 15.4. The Labute approximate surface area is 223 Å². The fraction of sp³-hybridized carbons (Fsp3) is 0.429. The third-order valence-electron chi connectivity index (χ3n) is 7.13. The molecule has 0 amide bonds. The number of halogens is 4. The van der Waals surface area contributed by atoms with Crippen molar-refractivity contribution in [2.45, 2.75) is 36.5 Å². The molecule has 4 rings (SSSR count). The van der Waals surface area contributed by atoms with Gasteiger partial charge in [-0.05, 0) is 73.7 Å². The van der Waals surface area contributed by atoms with E-state index in [0.29, 0.717) is 60.4 Å². The maximum absolute atomic E-state index is 15.4. The van der Waals surface area contributed by atoms with E-state index in [1.54, 1.807) is 43.6 Å². The van der Waals surface area contributed by atoms with Crippen LogP contribution in [0.3, 0.4) is 0 Å². The van der Waals surface area contributed by atoms with Gasteiger partial charge in [0.2, 0.25) is 0 Å². The highest BCUT2D eigenvalue weighted by molar-refractivity contribution is 7.99. The Morgan fingerprint density at radius 2 is 2.03 bits per heavy atom. The van der Waals surface area contributed by atoms with Crippen molar-refractivity contribution < 1.29 is 32.2 Å². The predicted molar refractivity (Wildman–Crippen MR) is 139 cm³/mol. The zero-order valence-corrected chi connectivity index (χ0v) is 21.8. The fourth-order valence-corrected chi connectivity index (χ4v) is 6.15. The number of piperidine rings is 1. The Morgan fingerprint density at radius 1 is 1.24 bits per heavy atom. The molecule has 1 saturated heterocycles. The van der Waals surface area contributed by atoms with Crippen LogP contribution >= 0.6 is 11.8 Å². The molecule has 0 spiro atoms. The van der Waals surface area contributed by atoms with Gasteiger partial charge in [0.05, 0.1) is 24.1 Å². The summed E-state index contributed by atoms with van der Waals surface area (Å²) in [5, 5.41) is 10.5. The number of alkyl halides is 4. The van der Waals surface area contributed by atoms with E-state index in [1.165, 1.54) is 12.1 Å². The minimum Gasteiger partial charge on any atom is -0.497 e. The first-order chi connectivity index (χ1) is 18.2. The van der Waals surface area contributed by atoms with Crippen LogP contribution in [-0.4, -0.2) is 53.5 Å². The van der Waals surface area contributed by atoms with Crippen LogP contribution in [-0.2, 0) is 11.0 Å². The lowest BCUT2D eigenvalue weighted by atomic mass is 9.81. The molecule has 0 aliphatic carbocycles. The van der Waals surface area contributed by atoms with Crippen molar-refractivity contribution in [1.29, 1.82) is 0 Å². The molecule has 3 atom stereocenters. The van der Waals surface area contributed by atoms with Gasteiger partial charge in [0.25, 0.3) is 0 Å². The minimum atomic E-state index is -4.42. The lowest BCUT2D eigenvalue weighted by Gasteiger charge is -2.36. The summed E-state index contributed by atoms with van der Waals surface area (Å²) >= 11 is 1.12. The first-order valence-corrected chi connectivity index (χ1v) is 13.5. The summed E-state index contributed by atoms with van der Waals surface area (Å²) < 4.78 is 60.4. The van der Waals surface area contributed by atoms with Crippen LogP contribution < -0.4 is 4.74 Å². The number of ether oxygens (including phenoxy) is 1. The number of carboxylic acid groups (broad SMARTS) is 1. The number of hydrogen-bond acceptors (Lipinski definition) is 5. The van der Waals surface area contributed by atoms with Crippen LogP contribution in [0.25, 0.3) is 10.9 Å². The second kappa shape index (κ2) is 12.3. The molecule has 1 aromatic heterocycles. The van der Waals surface area contributed by atoms with Crippen LogP contribution in [0.1, 0.15) is 36.6 Å². The van der Waals surface area contributed by atoms with Crippen molar-refractivity contribution in [3.05, 3.63) is 65.9 Å². The number of rotatable bonds is 10. The molecule has 1 aliphatic heterocycles. The Hall–Kier alpha value is -2.85. The van der Waals surface area contributed by atoms with Crippen LogP contribution in [0.4, 0.5) is 17.6 Å². The molecule has 2 heterocycles. The van der Waals surface area contributed by atoms with Gasteiger partial charge in [-0.2, -0.15) is 13.2 Å². The van der Waals surface area contributed by atoms with E-state index in [9.17, 15) is 23.1 Å². The predicted octanol–water partition coefficient (Wildman–Crippen LogP) is 6.87. The van der Waals surface area contributed by atoms with Crippen LogP contribution in [0, 0.1) is 11.8 Å². The molecular formula is C28H30F4N2O3S. The number of fused-ring (bicyclic) bond motifs is 1. The molecule has 0 radical (unpaired) electrons. The van der Waals surface area contributed by atoms with Gasteiger partial charge in [0.1, 0.15) is 11.9 Å². The number of aromatic nitrogens is 1.